The molecular formula is C21H24N4O2S. The highest BCUT2D eigenvalue weighted by Crippen LogP contribution is 2.52. The van der Waals surface area contributed by atoms with E-state index in [2.05, 4.69) is 26.7 Å². The summed E-state index contributed by atoms with van der Waals surface area (Å²) < 4.78 is 7.83. The molecule has 6 nitrogen and oxygen atoms in total. The summed E-state index contributed by atoms with van der Waals surface area (Å²) in [7, 11) is 0. The summed E-state index contributed by atoms with van der Waals surface area (Å²) in [6.45, 7) is 2.28. The van der Waals surface area contributed by atoms with Crippen molar-refractivity contribution in [2.24, 2.45) is 17.8 Å². The maximum absolute atomic E-state index is 12.4. The van der Waals surface area contributed by atoms with Gasteiger partial charge < -0.3 is 9.40 Å². The number of nitrogens with one attached hydrogen (secondary N) is 1. The van der Waals surface area contributed by atoms with Crippen LogP contribution in [0.25, 0.3) is 11.6 Å². The summed E-state index contributed by atoms with van der Waals surface area (Å²) in [4.78, 5) is 15.4. The number of H-pyrrole nitrogens is 1. The molecule has 0 amide bonds. The van der Waals surface area contributed by atoms with Gasteiger partial charge in [0.1, 0.15) is 0 Å². The Kier molecular flexibility index (Phi) is 4.62. The van der Waals surface area contributed by atoms with Crippen LogP contribution in [0.5, 0.6) is 0 Å². The molecule has 0 radical (unpaired) electrons. The first-order valence-corrected chi connectivity index (χ1v) is 11.0. The van der Waals surface area contributed by atoms with Crippen LogP contribution >= 0.6 is 11.8 Å². The van der Waals surface area contributed by atoms with E-state index in [9.17, 15) is 4.79 Å². The van der Waals surface area contributed by atoms with Crippen molar-refractivity contribution in [2.45, 2.75) is 43.8 Å². The molecule has 146 valence electrons. The number of fused-ring (bicyclic) bond motifs is 2. The molecule has 3 aromatic rings. The van der Waals surface area contributed by atoms with Gasteiger partial charge in [-0.15, -0.1) is 10.2 Å². The number of Topliss-reactive ketones (excluding diaryl/α,β-unsaturated/α-hetero) is 1. The van der Waals surface area contributed by atoms with Gasteiger partial charge in [0, 0.05) is 12.2 Å². The van der Waals surface area contributed by atoms with Gasteiger partial charge in [0.05, 0.1) is 17.7 Å². The maximum atomic E-state index is 12.4. The molecule has 3 heterocycles. The van der Waals surface area contributed by atoms with Crippen LogP contribution < -0.4 is 0 Å². The van der Waals surface area contributed by atoms with E-state index in [1.54, 1.807) is 18.5 Å². The molecule has 2 aliphatic carbocycles. The molecular weight excluding hydrogens is 372 g/mol. The van der Waals surface area contributed by atoms with Gasteiger partial charge in [-0.1, -0.05) is 18.2 Å². The third-order valence-electron chi connectivity index (χ3n) is 6.46. The van der Waals surface area contributed by atoms with E-state index in [-0.39, 0.29) is 11.8 Å². The lowest BCUT2D eigenvalue weighted by Gasteiger charge is -2.30. The van der Waals surface area contributed by atoms with Gasteiger partial charge in [0.2, 0.25) is 5.82 Å². The number of thioether (sulfide) groups is 1. The van der Waals surface area contributed by atoms with E-state index in [1.807, 2.05) is 18.2 Å². The summed E-state index contributed by atoms with van der Waals surface area (Å²) >= 11 is 1.46. The molecule has 0 unspecified atom stereocenters. The number of aromatic nitrogens is 4. The summed E-state index contributed by atoms with van der Waals surface area (Å²) in [5, 5.41) is 9.66. The Morgan fingerprint density at radius 3 is 2.93 bits per heavy atom. The average molecular weight is 397 g/mol. The van der Waals surface area contributed by atoms with Gasteiger partial charge in [-0.25, -0.2) is 0 Å². The lowest BCUT2D eigenvalue weighted by molar-refractivity contribution is 0.101. The zero-order valence-electron chi connectivity index (χ0n) is 15.9. The first kappa shape index (κ1) is 17.8. The molecule has 2 aliphatic rings. The first-order chi connectivity index (χ1) is 13.7. The third-order valence-corrected chi connectivity index (χ3v) is 7.40. The molecule has 0 saturated heterocycles. The minimum absolute atomic E-state index is 0.0664. The molecule has 1 N–H and O–H groups in total. The molecule has 2 saturated carbocycles. The Morgan fingerprint density at radius 2 is 2.25 bits per heavy atom. The number of ketones is 1. The van der Waals surface area contributed by atoms with Crippen LogP contribution in [-0.4, -0.2) is 31.3 Å². The monoisotopic (exact) mass is 396 g/mol. The first-order valence-electron chi connectivity index (χ1n) is 9.99. The number of carbonyl (C=O) groups is 1. The van der Waals surface area contributed by atoms with E-state index < -0.39 is 0 Å². The molecule has 0 aliphatic heterocycles. The fourth-order valence-electron chi connectivity index (χ4n) is 5.10. The molecule has 28 heavy (non-hydrogen) atoms. The van der Waals surface area contributed by atoms with Crippen molar-refractivity contribution in [3.63, 3.8) is 0 Å². The standard InChI is InChI=1S/C21H24N4O2S/c1-13(16-11-14-6-7-15(16)10-14)25-20(19-5-3-9-27-19)23-24-21(25)28-12-18(26)17-4-2-8-22-17/h2-5,8-9,13-16,22H,6-7,10-12H2,1H3/t13-,14-,15+,16-/m0/s1. The number of hydrogen-bond acceptors (Lipinski definition) is 5. The highest BCUT2D eigenvalue weighted by molar-refractivity contribution is 7.99. The van der Waals surface area contributed by atoms with E-state index in [0.29, 0.717) is 17.4 Å². The number of nitrogens with zero attached hydrogens (tertiary/aromatic N) is 3. The lowest BCUT2D eigenvalue weighted by Crippen LogP contribution is -2.23. The second-order valence-corrected chi connectivity index (χ2v) is 8.97. The Bertz CT molecular complexity index is 947. The summed E-state index contributed by atoms with van der Waals surface area (Å²) in [5.41, 5.74) is 0.631. The van der Waals surface area contributed by atoms with Crippen molar-refractivity contribution in [1.29, 1.82) is 0 Å². The van der Waals surface area contributed by atoms with Gasteiger partial charge in [-0.05, 0) is 68.2 Å². The van der Waals surface area contributed by atoms with Gasteiger partial charge in [0.15, 0.2) is 16.7 Å². The largest absolute Gasteiger partial charge is 0.461 e. The number of aromatic amines is 1. The van der Waals surface area contributed by atoms with Gasteiger partial charge in [0.25, 0.3) is 0 Å². The second-order valence-electron chi connectivity index (χ2n) is 8.03. The quantitative estimate of drug-likeness (QED) is 0.457. The number of carbonyl (C=O) groups excluding carboxylic acids is 1. The minimum Gasteiger partial charge on any atom is -0.461 e. The van der Waals surface area contributed by atoms with E-state index >= 15 is 0 Å². The molecule has 7 heteroatoms. The van der Waals surface area contributed by atoms with Gasteiger partial charge in [-0.3, -0.25) is 9.36 Å². The summed E-state index contributed by atoms with van der Waals surface area (Å²) in [6.07, 6.45) is 8.80. The van der Waals surface area contributed by atoms with Crippen LogP contribution in [-0.2, 0) is 0 Å². The van der Waals surface area contributed by atoms with Crippen LogP contribution in [0.1, 0.15) is 49.1 Å². The van der Waals surface area contributed by atoms with Crippen molar-refractivity contribution in [1.82, 2.24) is 19.7 Å². The second kappa shape index (κ2) is 7.28. The zero-order valence-corrected chi connectivity index (χ0v) is 16.7. The molecule has 0 aromatic carbocycles. The normalized spacial score (nSPS) is 24.7. The zero-order chi connectivity index (χ0) is 19.1. The number of furan rings is 1. The molecule has 4 atom stereocenters. The average Bonchev–Trinajstić information content (AvgIpc) is 3.53. The maximum Gasteiger partial charge on any atom is 0.200 e. The van der Waals surface area contributed by atoms with Gasteiger partial charge >= 0.3 is 0 Å². The van der Waals surface area contributed by atoms with Gasteiger partial charge in [-0.2, -0.15) is 0 Å². The minimum atomic E-state index is 0.0664. The number of hydrogen-bond donors (Lipinski definition) is 1. The Balaban J connectivity index is 1.43. The molecule has 3 aromatic heterocycles. The van der Waals surface area contributed by atoms with E-state index in [4.69, 9.17) is 4.42 Å². The Labute approximate surface area is 168 Å². The number of rotatable bonds is 7. The topological polar surface area (TPSA) is 76.7 Å². The lowest BCUT2D eigenvalue weighted by atomic mass is 9.84. The predicted octanol–water partition coefficient (Wildman–Crippen LogP) is 4.84. The van der Waals surface area contributed by atoms with Crippen molar-refractivity contribution in [2.75, 3.05) is 5.75 Å². The Hall–Kier alpha value is -2.28. The highest BCUT2D eigenvalue weighted by Gasteiger charge is 2.43. The van der Waals surface area contributed by atoms with Crippen LogP contribution in [0.15, 0.2) is 46.3 Å². The van der Waals surface area contributed by atoms with Crippen molar-refractivity contribution in [3.8, 4) is 11.6 Å². The smallest absolute Gasteiger partial charge is 0.200 e. The predicted molar refractivity (Wildman–Crippen MR) is 107 cm³/mol. The van der Waals surface area contributed by atoms with Crippen LogP contribution in [0.2, 0.25) is 0 Å². The summed E-state index contributed by atoms with van der Waals surface area (Å²) in [6, 6.07) is 7.73. The van der Waals surface area contributed by atoms with Crippen molar-refractivity contribution in [3.05, 3.63) is 42.4 Å². The van der Waals surface area contributed by atoms with E-state index in [0.717, 1.165) is 28.6 Å². The van der Waals surface area contributed by atoms with Crippen LogP contribution in [0, 0.1) is 17.8 Å². The molecule has 5 rings (SSSR count). The van der Waals surface area contributed by atoms with E-state index in [1.165, 1.54) is 37.4 Å². The molecule has 2 bridgehead atoms. The third kappa shape index (κ3) is 3.11. The fourth-order valence-corrected chi connectivity index (χ4v) is 6.01. The molecule has 0 spiro atoms. The van der Waals surface area contributed by atoms with Crippen LogP contribution in [0.3, 0.4) is 0 Å². The highest BCUT2D eigenvalue weighted by atomic mass is 32.2. The SMILES string of the molecule is C[C@@H]([C@@H]1C[C@H]2CC[C@@H]1C2)n1c(SCC(=O)c2ccc[nH]2)nnc1-c1ccco1. The fraction of sp³-hybridized carbons (Fsp3) is 0.476. The summed E-state index contributed by atoms with van der Waals surface area (Å²) in [5.74, 6) is 4.20. The van der Waals surface area contributed by atoms with Crippen molar-refractivity contribution < 1.29 is 9.21 Å². The van der Waals surface area contributed by atoms with Crippen LogP contribution in [0.4, 0.5) is 0 Å². The Morgan fingerprint density at radius 1 is 1.32 bits per heavy atom. The van der Waals surface area contributed by atoms with Crippen molar-refractivity contribution >= 4 is 17.5 Å². The molecule has 2 fully saturated rings.